The van der Waals surface area contributed by atoms with Gasteiger partial charge in [-0.2, -0.15) is 0 Å². The summed E-state index contributed by atoms with van der Waals surface area (Å²) in [7, 11) is 0. The van der Waals surface area contributed by atoms with Crippen molar-refractivity contribution in [1.82, 2.24) is 14.9 Å². The molecule has 0 bridgehead atoms. The van der Waals surface area contributed by atoms with Crippen LogP contribution in [0.4, 0.5) is 0 Å². The van der Waals surface area contributed by atoms with Gasteiger partial charge in [0.25, 0.3) is 0 Å². The highest BCUT2D eigenvalue weighted by molar-refractivity contribution is 5.76. The molecule has 0 fully saturated rings. The first-order valence-electron chi connectivity index (χ1n) is 12.3. The molecule has 0 spiro atoms. The van der Waals surface area contributed by atoms with Gasteiger partial charge in [-0.15, -0.1) is 0 Å². The van der Waals surface area contributed by atoms with Crippen molar-refractivity contribution in [3.05, 3.63) is 59.9 Å². The number of para-hydroxylation sites is 2. The molecule has 0 aliphatic heterocycles. The molecule has 0 atom stereocenters. The van der Waals surface area contributed by atoms with Crippen molar-refractivity contribution in [3.8, 4) is 5.75 Å². The van der Waals surface area contributed by atoms with E-state index < -0.39 is 0 Å². The molecule has 5 heteroatoms. The van der Waals surface area contributed by atoms with Crippen molar-refractivity contribution >= 4 is 16.9 Å². The summed E-state index contributed by atoms with van der Waals surface area (Å²) >= 11 is 0. The van der Waals surface area contributed by atoms with Crippen LogP contribution in [-0.2, 0) is 23.2 Å². The van der Waals surface area contributed by atoms with E-state index >= 15 is 0 Å². The lowest BCUT2D eigenvalue weighted by atomic mass is 9.87. The van der Waals surface area contributed by atoms with Gasteiger partial charge in [0.1, 0.15) is 11.6 Å². The number of aromatic nitrogens is 2. The molecule has 1 N–H and O–H groups in total. The van der Waals surface area contributed by atoms with Crippen molar-refractivity contribution in [2.24, 2.45) is 0 Å². The van der Waals surface area contributed by atoms with Crippen molar-refractivity contribution in [2.45, 2.75) is 78.2 Å². The summed E-state index contributed by atoms with van der Waals surface area (Å²) in [6.45, 7) is 11.0. The summed E-state index contributed by atoms with van der Waals surface area (Å²) in [5.74, 6) is 2.17. The predicted octanol–water partition coefficient (Wildman–Crippen LogP) is 6.04. The zero-order chi connectivity index (χ0) is 23.7. The van der Waals surface area contributed by atoms with Crippen molar-refractivity contribution < 1.29 is 9.53 Å². The summed E-state index contributed by atoms with van der Waals surface area (Å²) in [4.78, 5) is 16.5. The molecule has 3 rings (SSSR count). The predicted molar refractivity (Wildman–Crippen MR) is 136 cm³/mol. The van der Waals surface area contributed by atoms with Crippen LogP contribution in [0.3, 0.4) is 0 Å². The third-order valence-electron chi connectivity index (χ3n) is 5.88. The van der Waals surface area contributed by atoms with Gasteiger partial charge < -0.3 is 14.6 Å². The summed E-state index contributed by atoms with van der Waals surface area (Å²) in [6, 6.07) is 16.8. The molecule has 5 nitrogen and oxygen atoms in total. The van der Waals surface area contributed by atoms with Crippen molar-refractivity contribution in [2.75, 3.05) is 13.2 Å². The smallest absolute Gasteiger partial charge is 0.219 e. The largest absolute Gasteiger partial charge is 0.494 e. The number of benzene rings is 2. The molecule has 0 radical (unpaired) electrons. The van der Waals surface area contributed by atoms with Crippen LogP contribution in [0.25, 0.3) is 11.0 Å². The Morgan fingerprint density at radius 2 is 1.79 bits per heavy atom. The van der Waals surface area contributed by atoms with E-state index in [0.29, 0.717) is 19.6 Å². The summed E-state index contributed by atoms with van der Waals surface area (Å²) in [5.41, 5.74) is 3.70. The number of amides is 1. The molecule has 3 aromatic rings. The van der Waals surface area contributed by atoms with E-state index in [0.717, 1.165) is 55.7 Å². The Morgan fingerprint density at radius 1 is 1.03 bits per heavy atom. The zero-order valence-electron chi connectivity index (χ0n) is 20.7. The standard InChI is InChI=1S/C28H39N3O2/c1-5-11-27(32)29-19-10-14-26-30-24-12-6-7-13-25(24)31(26)20-8-9-21-33-23-17-15-22(16-18-23)28(2,3)4/h6-7,12-13,15-18H,5,8-11,14,19-21H2,1-4H3,(H,29,32). The van der Waals surface area contributed by atoms with Gasteiger partial charge in [0.05, 0.1) is 17.6 Å². The Balaban J connectivity index is 1.49. The Labute approximate surface area is 198 Å². The first-order valence-corrected chi connectivity index (χ1v) is 12.3. The molecule has 1 aromatic heterocycles. The first-order chi connectivity index (χ1) is 15.9. The first kappa shape index (κ1) is 24.8. The normalized spacial score (nSPS) is 11.6. The van der Waals surface area contributed by atoms with E-state index in [1.54, 1.807) is 0 Å². The van der Waals surface area contributed by atoms with Gasteiger partial charge in [-0.1, -0.05) is 52.0 Å². The topological polar surface area (TPSA) is 56.2 Å². The summed E-state index contributed by atoms with van der Waals surface area (Å²) in [5, 5.41) is 3.00. The van der Waals surface area contributed by atoms with Crippen molar-refractivity contribution in [1.29, 1.82) is 0 Å². The molecule has 33 heavy (non-hydrogen) atoms. The number of hydrogen-bond donors (Lipinski definition) is 1. The fourth-order valence-corrected chi connectivity index (χ4v) is 3.97. The van der Waals surface area contributed by atoms with E-state index in [9.17, 15) is 4.79 Å². The van der Waals surface area contributed by atoms with Crippen molar-refractivity contribution in [3.63, 3.8) is 0 Å². The van der Waals surface area contributed by atoms with Crippen LogP contribution in [0.5, 0.6) is 5.75 Å². The molecule has 178 valence electrons. The summed E-state index contributed by atoms with van der Waals surface area (Å²) in [6.07, 6.45) is 5.25. The lowest BCUT2D eigenvalue weighted by Crippen LogP contribution is -2.24. The Morgan fingerprint density at radius 3 is 2.52 bits per heavy atom. The highest BCUT2D eigenvalue weighted by Gasteiger charge is 2.13. The number of aryl methyl sites for hydroxylation is 2. The number of carbonyl (C=O) groups is 1. The average Bonchev–Trinajstić information content (AvgIpc) is 3.14. The lowest BCUT2D eigenvalue weighted by Gasteiger charge is -2.19. The number of imidazole rings is 1. The van der Waals surface area contributed by atoms with Gasteiger partial charge in [-0.05, 0) is 60.9 Å². The monoisotopic (exact) mass is 449 g/mol. The van der Waals surface area contributed by atoms with Gasteiger partial charge in [0.2, 0.25) is 5.91 Å². The van der Waals surface area contributed by atoms with Gasteiger partial charge in [-0.25, -0.2) is 4.98 Å². The molecule has 0 saturated heterocycles. The van der Waals surface area contributed by atoms with Gasteiger partial charge in [-0.3, -0.25) is 4.79 Å². The molecule has 0 aliphatic carbocycles. The second-order valence-electron chi connectivity index (χ2n) is 9.70. The van der Waals surface area contributed by atoms with Crippen LogP contribution in [0, 0.1) is 0 Å². The number of nitrogens with zero attached hydrogens (tertiary/aromatic N) is 2. The number of ether oxygens (including phenoxy) is 1. The van der Waals surface area contributed by atoms with E-state index in [1.807, 2.05) is 13.0 Å². The molecule has 0 saturated carbocycles. The van der Waals surface area contributed by atoms with Crippen LogP contribution in [-0.4, -0.2) is 28.6 Å². The zero-order valence-corrected chi connectivity index (χ0v) is 20.7. The van der Waals surface area contributed by atoms with Crippen LogP contribution in [0.1, 0.15) is 71.2 Å². The molecule has 0 unspecified atom stereocenters. The maximum Gasteiger partial charge on any atom is 0.219 e. The van der Waals surface area contributed by atoms with E-state index in [-0.39, 0.29) is 11.3 Å². The number of hydrogen-bond acceptors (Lipinski definition) is 3. The van der Waals surface area contributed by atoms with Crippen LogP contribution in [0.15, 0.2) is 48.5 Å². The van der Waals surface area contributed by atoms with Crippen LogP contribution < -0.4 is 10.1 Å². The maximum absolute atomic E-state index is 11.7. The molecule has 1 amide bonds. The summed E-state index contributed by atoms with van der Waals surface area (Å²) < 4.78 is 8.30. The maximum atomic E-state index is 11.7. The van der Waals surface area contributed by atoms with E-state index in [4.69, 9.17) is 9.72 Å². The van der Waals surface area contributed by atoms with E-state index in [2.05, 4.69) is 73.1 Å². The third-order valence-corrected chi connectivity index (χ3v) is 5.88. The minimum Gasteiger partial charge on any atom is -0.494 e. The van der Waals surface area contributed by atoms with Crippen LogP contribution >= 0.6 is 0 Å². The van der Waals surface area contributed by atoms with Gasteiger partial charge in [0.15, 0.2) is 0 Å². The number of unbranched alkanes of at least 4 members (excludes halogenated alkanes) is 1. The minimum atomic E-state index is 0.138. The Kier molecular flexibility index (Phi) is 8.93. The molecule has 1 heterocycles. The number of fused-ring (bicyclic) bond motifs is 1. The average molecular weight is 450 g/mol. The quantitative estimate of drug-likeness (QED) is 0.343. The number of rotatable bonds is 12. The number of carbonyl (C=O) groups excluding carboxylic acids is 1. The third kappa shape index (κ3) is 7.34. The number of nitrogens with one attached hydrogen (secondary N) is 1. The van der Waals surface area contributed by atoms with Gasteiger partial charge >= 0.3 is 0 Å². The Hall–Kier alpha value is -2.82. The van der Waals surface area contributed by atoms with E-state index in [1.165, 1.54) is 11.1 Å². The Bertz CT molecular complexity index is 1020. The SMILES string of the molecule is CCCC(=O)NCCCc1nc2ccccc2n1CCCCOc1ccc(C(C)(C)C)cc1. The lowest BCUT2D eigenvalue weighted by molar-refractivity contribution is -0.121. The molecular weight excluding hydrogens is 410 g/mol. The second kappa shape index (κ2) is 11.9. The second-order valence-corrected chi connectivity index (χ2v) is 9.70. The molecule has 2 aromatic carbocycles. The fourth-order valence-electron chi connectivity index (χ4n) is 3.97. The fraction of sp³-hybridized carbons (Fsp3) is 0.500. The van der Waals surface area contributed by atoms with Gasteiger partial charge in [0, 0.05) is 25.9 Å². The van der Waals surface area contributed by atoms with Crippen LogP contribution in [0.2, 0.25) is 0 Å². The minimum absolute atomic E-state index is 0.138. The highest BCUT2D eigenvalue weighted by Crippen LogP contribution is 2.24. The highest BCUT2D eigenvalue weighted by atomic mass is 16.5. The molecule has 0 aliphatic rings. The molecular formula is C28H39N3O2.